The van der Waals surface area contributed by atoms with E-state index in [9.17, 15) is 19.2 Å². The van der Waals surface area contributed by atoms with Gasteiger partial charge in [-0.15, -0.1) is 11.0 Å². The van der Waals surface area contributed by atoms with Crippen molar-refractivity contribution in [2.24, 2.45) is 0 Å². The first-order chi connectivity index (χ1) is 16.3. The Kier molecular flexibility index (Phi) is 8.27. The highest BCUT2D eigenvalue weighted by molar-refractivity contribution is 6.32. The molecule has 34 heavy (non-hydrogen) atoms. The smallest absolute Gasteiger partial charge is 0.407 e. The molecule has 0 aliphatic carbocycles. The second kappa shape index (κ2) is 11.5. The van der Waals surface area contributed by atoms with Crippen LogP contribution in [0.15, 0.2) is 72.8 Å². The molecule has 2 N–H and O–H groups in total. The molecule has 0 spiro atoms. The van der Waals surface area contributed by atoms with Crippen LogP contribution < -0.4 is 20.4 Å². The first kappa shape index (κ1) is 24.4. The maximum absolute atomic E-state index is 12.0. The van der Waals surface area contributed by atoms with Gasteiger partial charge in [0.25, 0.3) is 0 Å². The van der Waals surface area contributed by atoms with Crippen molar-refractivity contribution in [3.8, 4) is 11.5 Å². The highest BCUT2D eigenvalue weighted by Gasteiger charge is 2.16. The summed E-state index contributed by atoms with van der Waals surface area (Å²) in [4.78, 5) is 56.8. The molecule has 0 fully saturated rings. The molecule has 0 saturated carbocycles. The number of halogens is 2. The van der Waals surface area contributed by atoms with Gasteiger partial charge in [-0.2, -0.15) is 0 Å². The Morgan fingerprint density at radius 2 is 0.912 bits per heavy atom. The van der Waals surface area contributed by atoms with Gasteiger partial charge in [-0.05, 0) is 48.5 Å². The van der Waals surface area contributed by atoms with Gasteiger partial charge >= 0.3 is 24.1 Å². The fourth-order valence-electron chi connectivity index (χ4n) is 2.33. The molecule has 12 heteroatoms. The number of rotatable bonds is 4. The summed E-state index contributed by atoms with van der Waals surface area (Å²) in [6.07, 6.45) is -2.15. The van der Waals surface area contributed by atoms with Gasteiger partial charge in [0.1, 0.15) is 0 Å². The summed E-state index contributed by atoms with van der Waals surface area (Å²) in [5.74, 6) is -1.72. The molecule has 0 heterocycles. The van der Waals surface area contributed by atoms with E-state index in [2.05, 4.69) is 9.68 Å². The van der Waals surface area contributed by atoms with Crippen molar-refractivity contribution >= 4 is 47.3 Å². The summed E-state index contributed by atoms with van der Waals surface area (Å²) in [5.41, 5.74) is 3.64. The molecule has 0 bridgehead atoms. The molecular formula is C22H14Cl2N2O8. The second-order valence-electron chi connectivity index (χ2n) is 6.20. The van der Waals surface area contributed by atoms with Crippen molar-refractivity contribution in [3.63, 3.8) is 0 Å². The lowest BCUT2D eigenvalue weighted by Gasteiger charge is -2.09. The van der Waals surface area contributed by atoms with Crippen LogP contribution >= 0.6 is 23.2 Å². The van der Waals surface area contributed by atoms with Crippen molar-refractivity contribution in [3.05, 3.63) is 94.0 Å². The van der Waals surface area contributed by atoms with E-state index >= 15 is 0 Å². The Hall–Kier alpha value is -4.28. The Morgan fingerprint density at radius 3 is 1.26 bits per heavy atom. The molecule has 3 rings (SSSR count). The fourth-order valence-corrected chi connectivity index (χ4v) is 2.68. The molecule has 10 nitrogen and oxygen atoms in total. The zero-order chi connectivity index (χ0) is 24.5. The summed E-state index contributed by atoms with van der Waals surface area (Å²) in [6.45, 7) is 0. The normalized spacial score (nSPS) is 9.94. The molecule has 0 atom stereocenters. The molecule has 3 aromatic carbocycles. The third-order valence-electron chi connectivity index (χ3n) is 3.89. The number of hydroxylamine groups is 2. The van der Waals surface area contributed by atoms with Crippen molar-refractivity contribution in [1.29, 1.82) is 0 Å². The summed E-state index contributed by atoms with van der Waals surface area (Å²) in [6, 6.07) is 17.4. The number of para-hydroxylation sites is 2. The van der Waals surface area contributed by atoms with Gasteiger partial charge in [0, 0.05) is 0 Å². The van der Waals surface area contributed by atoms with E-state index in [1.807, 2.05) is 11.0 Å². The second-order valence-corrected chi connectivity index (χ2v) is 7.01. The van der Waals surface area contributed by atoms with E-state index in [1.54, 1.807) is 24.3 Å². The molecule has 0 radical (unpaired) electrons. The molecule has 174 valence electrons. The SMILES string of the molecule is O=C(NOC(=O)c1ccc(C(=O)ONC(=O)Oc2ccccc2Cl)cc1)Oc1ccccc1Cl. The minimum absolute atomic E-state index is 0.000631. The van der Waals surface area contributed by atoms with Crippen LogP contribution in [0.5, 0.6) is 11.5 Å². The van der Waals surface area contributed by atoms with Gasteiger partial charge in [-0.25, -0.2) is 19.2 Å². The average Bonchev–Trinajstić information content (AvgIpc) is 2.84. The Morgan fingerprint density at radius 1 is 0.559 bits per heavy atom. The van der Waals surface area contributed by atoms with Crippen LogP contribution in [-0.2, 0) is 9.68 Å². The molecule has 0 aliphatic heterocycles. The number of carbonyl (C=O) groups excluding carboxylic acids is 4. The molecule has 2 amide bonds. The molecular weight excluding hydrogens is 491 g/mol. The Bertz CT molecular complexity index is 1120. The van der Waals surface area contributed by atoms with E-state index in [0.29, 0.717) is 0 Å². The number of hydrogen-bond donors (Lipinski definition) is 2. The number of benzene rings is 3. The number of nitrogens with one attached hydrogen (secondary N) is 2. The zero-order valence-electron chi connectivity index (χ0n) is 17.0. The van der Waals surface area contributed by atoms with Crippen LogP contribution in [0.2, 0.25) is 10.0 Å². The predicted molar refractivity (Wildman–Crippen MR) is 118 cm³/mol. The summed E-state index contributed by atoms with van der Waals surface area (Å²) < 4.78 is 9.80. The van der Waals surface area contributed by atoms with Crippen molar-refractivity contribution in [2.75, 3.05) is 0 Å². The predicted octanol–water partition coefficient (Wildman–Crippen LogP) is 4.71. The van der Waals surface area contributed by atoms with Crippen LogP contribution in [0.1, 0.15) is 20.7 Å². The zero-order valence-corrected chi connectivity index (χ0v) is 18.5. The topological polar surface area (TPSA) is 129 Å². The van der Waals surface area contributed by atoms with Crippen molar-refractivity contribution < 1.29 is 38.3 Å². The Labute approximate surface area is 202 Å². The van der Waals surface area contributed by atoms with Gasteiger partial charge < -0.3 is 19.1 Å². The number of carbonyl (C=O) groups is 4. The van der Waals surface area contributed by atoms with Crippen LogP contribution in [0.3, 0.4) is 0 Å². The van der Waals surface area contributed by atoms with Gasteiger partial charge in [-0.3, -0.25) is 0 Å². The third-order valence-corrected chi connectivity index (χ3v) is 4.51. The first-order valence-electron chi connectivity index (χ1n) is 9.30. The van der Waals surface area contributed by atoms with Crippen LogP contribution in [0, 0.1) is 0 Å². The minimum atomic E-state index is -1.07. The minimum Gasteiger partial charge on any atom is -0.407 e. The van der Waals surface area contributed by atoms with E-state index in [1.165, 1.54) is 48.5 Å². The lowest BCUT2D eigenvalue weighted by Crippen LogP contribution is -2.30. The molecule has 3 aromatic rings. The van der Waals surface area contributed by atoms with E-state index in [4.69, 9.17) is 32.7 Å². The van der Waals surface area contributed by atoms with E-state index < -0.39 is 24.1 Å². The van der Waals surface area contributed by atoms with Gasteiger partial charge in [0.2, 0.25) is 0 Å². The highest BCUT2D eigenvalue weighted by Crippen LogP contribution is 2.24. The molecule has 0 aliphatic rings. The quantitative estimate of drug-likeness (QED) is 0.488. The van der Waals surface area contributed by atoms with Crippen molar-refractivity contribution in [1.82, 2.24) is 11.0 Å². The van der Waals surface area contributed by atoms with E-state index in [-0.39, 0.29) is 32.7 Å². The molecule has 0 unspecified atom stereocenters. The van der Waals surface area contributed by atoms with Gasteiger partial charge in [-0.1, -0.05) is 47.5 Å². The summed E-state index contributed by atoms with van der Waals surface area (Å²) in [5, 5.41) is 0.385. The maximum Gasteiger partial charge on any atom is 0.446 e. The number of amides is 2. The van der Waals surface area contributed by atoms with Crippen LogP contribution in [-0.4, -0.2) is 24.1 Å². The van der Waals surface area contributed by atoms with E-state index in [0.717, 1.165) is 0 Å². The largest absolute Gasteiger partial charge is 0.446 e. The fraction of sp³-hybridized carbons (Fsp3) is 0. The number of ether oxygens (including phenoxy) is 2. The molecule has 0 aromatic heterocycles. The van der Waals surface area contributed by atoms with Crippen LogP contribution in [0.25, 0.3) is 0 Å². The monoisotopic (exact) mass is 504 g/mol. The Balaban J connectivity index is 1.46. The number of hydrogen-bond acceptors (Lipinski definition) is 8. The van der Waals surface area contributed by atoms with Gasteiger partial charge in [0.15, 0.2) is 11.5 Å². The lowest BCUT2D eigenvalue weighted by atomic mass is 10.1. The maximum atomic E-state index is 12.0. The lowest BCUT2D eigenvalue weighted by molar-refractivity contribution is 0.0267. The van der Waals surface area contributed by atoms with Gasteiger partial charge in [0.05, 0.1) is 21.2 Å². The average molecular weight is 505 g/mol. The first-order valence-corrected chi connectivity index (χ1v) is 10.1. The summed E-state index contributed by atoms with van der Waals surface area (Å²) >= 11 is 11.7. The highest BCUT2D eigenvalue weighted by atomic mass is 35.5. The van der Waals surface area contributed by atoms with Crippen LogP contribution in [0.4, 0.5) is 9.59 Å². The third kappa shape index (κ3) is 6.86. The standard InChI is InChI=1S/C22H14Cl2N2O8/c23-15-5-1-3-7-17(15)31-21(29)25-33-19(27)13-9-11-14(12-10-13)20(28)34-26-22(30)32-18-8-4-2-6-16(18)24/h1-12H,(H,25,29)(H,26,30). The summed E-state index contributed by atoms with van der Waals surface area (Å²) in [7, 11) is 0. The molecule has 0 saturated heterocycles. The van der Waals surface area contributed by atoms with Crippen molar-refractivity contribution in [2.45, 2.75) is 0 Å².